The van der Waals surface area contributed by atoms with Crippen molar-refractivity contribution >= 4 is 11.9 Å². The number of carbonyl (C=O) groups excluding carboxylic acids is 2. The second kappa shape index (κ2) is 11.7. The van der Waals surface area contributed by atoms with Crippen molar-refractivity contribution < 1.29 is 14.3 Å². The van der Waals surface area contributed by atoms with E-state index in [2.05, 4.69) is 18.0 Å². The van der Waals surface area contributed by atoms with Gasteiger partial charge in [-0.3, -0.25) is 9.59 Å². The van der Waals surface area contributed by atoms with Crippen LogP contribution in [-0.4, -0.2) is 25.0 Å². The summed E-state index contributed by atoms with van der Waals surface area (Å²) >= 11 is 0. The Morgan fingerprint density at radius 3 is 2.74 bits per heavy atom. The zero-order chi connectivity index (χ0) is 16.9. The summed E-state index contributed by atoms with van der Waals surface area (Å²) in [4.78, 5) is 22.8. The third-order valence-electron chi connectivity index (χ3n) is 4.06. The Bertz CT molecular complexity index is 440. The maximum Gasteiger partial charge on any atom is 0.305 e. The molecule has 1 N–H and O–H groups in total. The predicted octanol–water partition coefficient (Wildman–Crippen LogP) is 3.55. The highest BCUT2D eigenvalue weighted by atomic mass is 16.5. The van der Waals surface area contributed by atoms with Gasteiger partial charge in [0.1, 0.15) is 0 Å². The number of hydrogen-bond acceptors (Lipinski definition) is 3. The van der Waals surface area contributed by atoms with Gasteiger partial charge in [0, 0.05) is 19.0 Å². The molecule has 1 aliphatic carbocycles. The van der Waals surface area contributed by atoms with Crippen LogP contribution in [0.25, 0.3) is 0 Å². The molecule has 0 aromatic rings. The van der Waals surface area contributed by atoms with Crippen molar-refractivity contribution in [2.24, 2.45) is 11.8 Å². The van der Waals surface area contributed by atoms with E-state index in [1.807, 2.05) is 12.2 Å². The Morgan fingerprint density at radius 1 is 1.22 bits per heavy atom. The van der Waals surface area contributed by atoms with Crippen molar-refractivity contribution in [2.45, 2.75) is 45.4 Å². The monoisotopic (exact) mass is 319 g/mol. The van der Waals surface area contributed by atoms with Gasteiger partial charge in [-0.2, -0.15) is 0 Å². The highest BCUT2D eigenvalue weighted by Gasteiger charge is 2.21. The van der Waals surface area contributed by atoms with Crippen molar-refractivity contribution in [3.8, 4) is 0 Å². The van der Waals surface area contributed by atoms with Crippen molar-refractivity contribution in [3.63, 3.8) is 0 Å². The molecule has 1 amide bonds. The number of nitrogens with one attached hydrogen (secondary N) is 1. The van der Waals surface area contributed by atoms with E-state index < -0.39 is 0 Å². The molecule has 0 heterocycles. The molecule has 0 saturated heterocycles. The van der Waals surface area contributed by atoms with E-state index in [9.17, 15) is 9.59 Å². The minimum atomic E-state index is -0.173. The molecule has 4 heteroatoms. The molecular formula is C19H29NO3. The van der Waals surface area contributed by atoms with E-state index in [1.54, 1.807) is 19.1 Å². The number of ether oxygens (including phenoxy) is 1. The zero-order valence-corrected chi connectivity index (χ0v) is 14.1. The average Bonchev–Trinajstić information content (AvgIpc) is 2.99. The minimum absolute atomic E-state index is 0.0996. The molecule has 1 fully saturated rings. The number of carbonyl (C=O) groups is 2. The molecule has 0 unspecified atom stereocenters. The van der Waals surface area contributed by atoms with Gasteiger partial charge >= 0.3 is 5.97 Å². The van der Waals surface area contributed by atoms with E-state index in [1.165, 1.54) is 19.3 Å². The van der Waals surface area contributed by atoms with Crippen LogP contribution >= 0.6 is 0 Å². The van der Waals surface area contributed by atoms with Crippen molar-refractivity contribution in [3.05, 3.63) is 37.0 Å². The highest BCUT2D eigenvalue weighted by molar-refractivity contribution is 5.87. The summed E-state index contributed by atoms with van der Waals surface area (Å²) in [5.41, 5.74) is 0. The molecular weight excluding hydrogens is 290 g/mol. The third-order valence-corrected chi connectivity index (χ3v) is 4.06. The molecule has 1 rings (SSSR count). The van der Waals surface area contributed by atoms with Crippen LogP contribution in [0.2, 0.25) is 0 Å². The highest BCUT2D eigenvalue weighted by Crippen LogP contribution is 2.33. The molecule has 4 nitrogen and oxygen atoms in total. The van der Waals surface area contributed by atoms with Crippen molar-refractivity contribution in [2.75, 3.05) is 13.2 Å². The Balaban J connectivity index is 2.11. The summed E-state index contributed by atoms with van der Waals surface area (Å²) < 4.78 is 4.84. The van der Waals surface area contributed by atoms with E-state index in [-0.39, 0.29) is 11.9 Å². The molecule has 1 saturated carbocycles. The van der Waals surface area contributed by atoms with Crippen molar-refractivity contribution in [1.29, 1.82) is 0 Å². The fourth-order valence-electron chi connectivity index (χ4n) is 2.80. The molecule has 0 spiro atoms. The van der Waals surface area contributed by atoms with E-state index in [4.69, 9.17) is 4.74 Å². The second-order valence-corrected chi connectivity index (χ2v) is 5.79. The van der Waals surface area contributed by atoms with Gasteiger partial charge < -0.3 is 10.1 Å². The van der Waals surface area contributed by atoms with Crippen LogP contribution in [0.4, 0.5) is 0 Å². The molecule has 1 aliphatic rings. The average molecular weight is 319 g/mol. The number of rotatable bonds is 10. The Morgan fingerprint density at radius 2 is 2.00 bits per heavy atom. The van der Waals surface area contributed by atoms with Crippen molar-refractivity contribution in [1.82, 2.24) is 5.32 Å². The molecule has 0 bridgehead atoms. The number of allylic oxidation sites excluding steroid dienone is 4. The maximum absolute atomic E-state index is 11.6. The van der Waals surface area contributed by atoms with Gasteiger partial charge in [0.25, 0.3) is 0 Å². The van der Waals surface area contributed by atoms with Gasteiger partial charge in [-0.25, -0.2) is 0 Å². The maximum atomic E-state index is 11.6. The van der Waals surface area contributed by atoms with Crippen LogP contribution < -0.4 is 5.32 Å². The van der Waals surface area contributed by atoms with Crippen LogP contribution in [0.5, 0.6) is 0 Å². The van der Waals surface area contributed by atoms with Gasteiger partial charge in [-0.05, 0) is 44.4 Å². The lowest BCUT2D eigenvalue weighted by atomic mass is 9.96. The quantitative estimate of drug-likeness (QED) is 0.220. The summed E-state index contributed by atoms with van der Waals surface area (Å²) in [5, 5.41) is 2.81. The topological polar surface area (TPSA) is 55.4 Å². The van der Waals surface area contributed by atoms with Gasteiger partial charge in [0.05, 0.1) is 6.61 Å². The first kappa shape index (κ1) is 19.2. The molecule has 2 atom stereocenters. The number of esters is 1. The lowest BCUT2D eigenvalue weighted by Crippen LogP contribution is -2.22. The summed E-state index contributed by atoms with van der Waals surface area (Å²) in [5.74, 6) is 0.863. The van der Waals surface area contributed by atoms with Crippen LogP contribution in [0.15, 0.2) is 37.0 Å². The van der Waals surface area contributed by atoms with Crippen LogP contribution in [-0.2, 0) is 14.3 Å². The van der Waals surface area contributed by atoms with Gasteiger partial charge in [0.15, 0.2) is 0 Å². The number of hydrogen-bond donors (Lipinski definition) is 1. The molecule has 23 heavy (non-hydrogen) atoms. The zero-order valence-electron chi connectivity index (χ0n) is 14.1. The third kappa shape index (κ3) is 8.38. The standard InChI is InChI=1S/C19H29NO3/c1-3-16-11-9-12-17(16)10-5-6-13-18(21)20-15-8-7-14-19(22)23-4-2/h3,5-6,10,13,16-17H,1,4,7-9,11-12,14-15H2,2H3,(H,20,21)/b10-5-,13-6-/t16-,17-/m1/s1. The Hall–Kier alpha value is -1.84. The van der Waals surface area contributed by atoms with E-state index in [0.717, 1.165) is 12.8 Å². The van der Waals surface area contributed by atoms with E-state index >= 15 is 0 Å². The largest absolute Gasteiger partial charge is 0.466 e. The first-order valence-corrected chi connectivity index (χ1v) is 8.58. The fourth-order valence-corrected chi connectivity index (χ4v) is 2.80. The minimum Gasteiger partial charge on any atom is -0.466 e. The molecule has 0 aliphatic heterocycles. The molecule has 0 radical (unpaired) electrons. The van der Waals surface area contributed by atoms with Crippen LogP contribution in [0, 0.1) is 11.8 Å². The molecule has 0 aromatic carbocycles. The summed E-state index contributed by atoms with van der Waals surface area (Å²) in [6.45, 7) is 6.66. The van der Waals surface area contributed by atoms with E-state index in [0.29, 0.717) is 31.4 Å². The Labute approximate surface area is 139 Å². The first-order valence-electron chi connectivity index (χ1n) is 8.58. The van der Waals surface area contributed by atoms with Gasteiger partial charge in [-0.1, -0.05) is 30.7 Å². The summed E-state index contributed by atoms with van der Waals surface area (Å²) in [6.07, 6.45) is 15.1. The number of unbranched alkanes of at least 4 members (excludes halogenated alkanes) is 1. The lowest BCUT2D eigenvalue weighted by molar-refractivity contribution is -0.143. The lowest BCUT2D eigenvalue weighted by Gasteiger charge is -2.09. The Kier molecular flexibility index (Phi) is 9.76. The fraction of sp³-hybridized carbons (Fsp3) is 0.579. The SMILES string of the molecule is C=C[C@@H]1CCC[C@H]1/C=C\C=C/C(=O)NCCCCC(=O)OCC. The second-order valence-electron chi connectivity index (χ2n) is 5.79. The molecule has 128 valence electrons. The normalized spacial score (nSPS) is 20.9. The smallest absolute Gasteiger partial charge is 0.305 e. The number of amides is 1. The predicted molar refractivity (Wildman–Crippen MR) is 92.8 cm³/mol. The first-order chi connectivity index (χ1) is 11.2. The van der Waals surface area contributed by atoms with Crippen LogP contribution in [0.1, 0.15) is 45.4 Å². The molecule has 0 aromatic heterocycles. The summed E-state index contributed by atoms with van der Waals surface area (Å²) in [7, 11) is 0. The van der Waals surface area contributed by atoms with Gasteiger partial charge in [0.2, 0.25) is 5.91 Å². The summed E-state index contributed by atoms with van der Waals surface area (Å²) in [6, 6.07) is 0. The van der Waals surface area contributed by atoms with Crippen LogP contribution in [0.3, 0.4) is 0 Å². The van der Waals surface area contributed by atoms with Gasteiger partial charge in [-0.15, -0.1) is 6.58 Å².